The number of benzene rings is 1. The quantitative estimate of drug-likeness (QED) is 0.816. The van der Waals surface area contributed by atoms with Gasteiger partial charge >= 0.3 is 0 Å². The first-order chi connectivity index (χ1) is 15.0. The monoisotopic (exact) mass is 422 g/mol. The topological polar surface area (TPSA) is 56.0 Å². The zero-order valence-electron chi connectivity index (χ0n) is 18.5. The van der Waals surface area contributed by atoms with E-state index >= 15 is 0 Å². The lowest BCUT2D eigenvalue weighted by atomic mass is 9.81. The smallest absolute Gasteiger partial charge is 0.258 e. The Kier molecular flexibility index (Phi) is 5.34. The molecule has 2 fully saturated rings. The summed E-state index contributed by atoms with van der Waals surface area (Å²) in [6.07, 6.45) is 3.38. The SMILES string of the molecule is COc1ccc(-c2ccc3n(c2=O)C[C@H]2C[C@@H]3C[NH+](C3CCN(C(C)=O)CC3)C2)cc1. The molecule has 0 saturated carbocycles. The third-order valence-corrected chi connectivity index (χ3v) is 7.66. The van der Waals surface area contributed by atoms with E-state index in [1.165, 1.54) is 12.1 Å². The highest BCUT2D eigenvalue weighted by Gasteiger charge is 2.41. The highest BCUT2D eigenvalue weighted by Crippen LogP contribution is 2.32. The van der Waals surface area contributed by atoms with E-state index in [4.69, 9.17) is 4.74 Å². The van der Waals surface area contributed by atoms with Crippen LogP contribution in [0.2, 0.25) is 0 Å². The molecule has 2 saturated heterocycles. The van der Waals surface area contributed by atoms with Crippen LogP contribution in [0, 0.1) is 5.92 Å². The van der Waals surface area contributed by atoms with Crippen LogP contribution in [0.3, 0.4) is 0 Å². The Balaban J connectivity index is 1.36. The maximum Gasteiger partial charge on any atom is 0.258 e. The molecular weight excluding hydrogens is 390 g/mol. The maximum absolute atomic E-state index is 13.4. The minimum absolute atomic E-state index is 0.135. The van der Waals surface area contributed by atoms with E-state index in [9.17, 15) is 9.59 Å². The molecule has 1 aromatic heterocycles. The second-order valence-electron chi connectivity index (χ2n) is 9.46. The molecule has 31 heavy (non-hydrogen) atoms. The Bertz CT molecular complexity index is 1020. The van der Waals surface area contributed by atoms with Gasteiger partial charge in [-0.1, -0.05) is 12.1 Å². The van der Waals surface area contributed by atoms with Crippen LogP contribution in [0.5, 0.6) is 5.75 Å². The predicted octanol–water partition coefficient (Wildman–Crippen LogP) is 1.54. The van der Waals surface area contributed by atoms with Crippen LogP contribution < -0.4 is 15.2 Å². The molecule has 1 N–H and O–H groups in total. The van der Waals surface area contributed by atoms with Gasteiger partial charge in [0.05, 0.1) is 26.2 Å². The number of nitrogens with one attached hydrogen (secondary N) is 1. The summed E-state index contributed by atoms with van der Waals surface area (Å²) >= 11 is 0. The van der Waals surface area contributed by atoms with E-state index in [0.29, 0.717) is 17.9 Å². The summed E-state index contributed by atoms with van der Waals surface area (Å²) in [5, 5.41) is 0. The maximum atomic E-state index is 13.4. The van der Waals surface area contributed by atoms with Crippen molar-refractivity contribution >= 4 is 5.91 Å². The Morgan fingerprint density at radius 3 is 2.48 bits per heavy atom. The summed E-state index contributed by atoms with van der Waals surface area (Å²) in [4.78, 5) is 28.7. The zero-order chi connectivity index (χ0) is 21.5. The molecule has 4 heterocycles. The molecule has 0 spiro atoms. The fourth-order valence-electron chi connectivity index (χ4n) is 6.03. The van der Waals surface area contributed by atoms with Gasteiger partial charge in [-0.3, -0.25) is 9.59 Å². The highest BCUT2D eigenvalue weighted by atomic mass is 16.5. The first kappa shape index (κ1) is 20.3. The second-order valence-corrected chi connectivity index (χ2v) is 9.46. The minimum atomic E-state index is 0.135. The molecule has 2 aromatic rings. The Hall–Kier alpha value is -2.60. The van der Waals surface area contributed by atoms with Crippen molar-refractivity contribution in [2.24, 2.45) is 5.92 Å². The second kappa shape index (κ2) is 8.15. The number of rotatable bonds is 3. The molecule has 2 bridgehead atoms. The van der Waals surface area contributed by atoms with Crippen LogP contribution >= 0.6 is 0 Å². The third kappa shape index (κ3) is 3.78. The van der Waals surface area contributed by atoms with Gasteiger partial charge in [-0.2, -0.15) is 0 Å². The number of piperidine rings is 2. The van der Waals surface area contributed by atoms with E-state index in [1.807, 2.05) is 39.8 Å². The molecule has 5 rings (SSSR count). The number of aromatic nitrogens is 1. The van der Waals surface area contributed by atoms with Crippen LogP contribution in [0.1, 0.15) is 37.8 Å². The summed E-state index contributed by atoms with van der Waals surface area (Å²) in [7, 11) is 1.65. The lowest BCUT2D eigenvalue weighted by molar-refractivity contribution is -0.937. The number of methoxy groups -OCH3 is 1. The number of hydrogen-bond acceptors (Lipinski definition) is 3. The average molecular weight is 423 g/mol. The van der Waals surface area contributed by atoms with Crippen molar-refractivity contribution in [3.63, 3.8) is 0 Å². The van der Waals surface area contributed by atoms with Gasteiger partial charge in [0, 0.05) is 62.5 Å². The van der Waals surface area contributed by atoms with Gasteiger partial charge in [-0.25, -0.2) is 0 Å². The van der Waals surface area contributed by atoms with E-state index in [0.717, 1.165) is 62.4 Å². The number of likely N-dealkylation sites (tertiary alicyclic amines) is 2. The van der Waals surface area contributed by atoms with Gasteiger partial charge in [-0.05, 0) is 36.2 Å². The summed E-state index contributed by atoms with van der Waals surface area (Å²) in [6.45, 7) is 6.51. The largest absolute Gasteiger partial charge is 0.497 e. The van der Waals surface area contributed by atoms with Crippen molar-refractivity contribution in [3.8, 4) is 16.9 Å². The number of pyridine rings is 1. The number of quaternary nitrogens is 1. The summed E-state index contributed by atoms with van der Waals surface area (Å²) in [6, 6.07) is 12.6. The minimum Gasteiger partial charge on any atom is -0.497 e. The number of ether oxygens (including phenoxy) is 1. The molecular formula is C25H32N3O3+. The number of carbonyl (C=O) groups is 1. The molecule has 6 nitrogen and oxygen atoms in total. The number of amides is 1. The van der Waals surface area contributed by atoms with Gasteiger partial charge in [-0.15, -0.1) is 0 Å². The van der Waals surface area contributed by atoms with Gasteiger partial charge in [0.25, 0.3) is 5.56 Å². The molecule has 164 valence electrons. The Labute approximate surface area is 183 Å². The Morgan fingerprint density at radius 2 is 1.81 bits per heavy atom. The van der Waals surface area contributed by atoms with Crippen LogP contribution in [0.15, 0.2) is 41.2 Å². The van der Waals surface area contributed by atoms with Crippen molar-refractivity contribution in [1.82, 2.24) is 9.47 Å². The van der Waals surface area contributed by atoms with E-state index in [-0.39, 0.29) is 11.5 Å². The fourth-order valence-corrected chi connectivity index (χ4v) is 6.03. The first-order valence-electron chi connectivity index (χ1n) is 11.5. The lowest BCUT2D eigenvalue weighted by Gasteiger charge is -2.45. The average Bonchev–Trinajstić information content (AvgIpc) is 2.80. The van der Waals surface area contributed by atoms with E-state index < -0.39 is 0 Å². The third-order valence-electron chi connectivity index (χ3n) is 7.66. The molecule has 0 radical (unpaired) electrons. The van der Waals surface area contributed by atoms with Crippen LogP contribution in [0.4, 0.5) is 0 Å². The van der Waals surface area contributed by atoms with Gasteiger partial charge in [0.15, 0.2) is 0 Å². The van der Waals surface area contributed by atoms with E-state index in [2.05, 4.69) is 6.07 Å². The molecule has 3 atom stereocenters. The summed E-state index contributed by atoms with van der Waals surface area (Å²) in [5.74, 6) is 2.00. The number of hydrogen-bond donors (Lipinski definition) is 1. The molecule has 6 heteroatoms. The fraction of sp³-hybridized carbons (Fsp3) is 0.520. The summed E-state index contributed by atoms with van der Waals surface area (Å²) < 4.78 is 7.30. The molecule has 3 aliphatic heterocycles. The summed E-state index contributed by atoms with van der Waals surface area (Å²) in [5.41, 5.74) is 3.06. The van der Waals surface area contributed by atoms with Crippen LogP contribution in [-0.4, -0.2) is 54.7 Å². The lowest BCUT2D eigenvalue weighted by Crippen LogP contribution is -3.18. The molecule has 1 unspecified atom stereocenters. The van der Waals surface area contributed by atoms with Crippen LogP contribution in [-0.2, 0) is 11.3 Å². The van der Waals surface area contributed by atoms with E-state index in [1.54, 1.807) is 18.9 Å². The normalized spacial score (nSPS) is 25.7. The van der Waals surface area contributed by atoms with Gasteiger partial charge in [0.1, 0.15) is 5.75 Å². The number of fused-ring (bicyclic) bond motifs is 4. The van der Waals surface area contributed by atoms with Crippen molar-refractivity contribution in [1.29, 1.82) is 0 Å². The number of nitrogens with zero attached hydrogens (tertiary/aromatic N) is 2. The molecule has 3 aliphatic rings. The predicted molar refractivity (Wildman–Crippen MR) is 120 cm³/mol. The first-order valence-corrected chi connectivity index (χ1v) is 11.5. The molecule has 1 aromatic carbocycles. The van der Waals surface area contributed by atoms with Gasteiger partial charge < -0.3 is 19.1 Å². The van der Waals surface area contributed by atoms with Crippen molar-refractivity contribution in [3.05, 3.63) is 52.4 Å². The van der Waals surface area contributed by atoms with Crippen molar-refractivity contribution < 1.29 is 14.4 Å². The number of carbonyl (C=O) groups excluding carboxylic acids is 1. The highest BCUT2D eigenvalue weighted by molar-refractivity contribution is 5.73. The molecule has 0 aliphatic carbocycles. The van der Waals surface area contributed by atoms with Gasteiger partial charge in [0.2, 0.25) is 5.91 Å². The molecule has 1 amide bonds. The Morgan fingerprint density at radius 1 is 1.06 bits per heavy atom. The van der Waals surface area contributed by atoms with Crippen molar-refractivity contribution in [2.75, 3.05) is 33.3 Å². The zero-order valence-corrected chi connectivity index (χ0v) is 18.5. The standard InChI is InChI=1S/C25H31N3O3/c1-17(29)26-11-9-21(10-12-26)27-14-18-13-20(16-27)24-8-7-23(25(30)28(24)15-18)19-3-5-22(31-2)6-4-19/h3-8,18,20-21H,9-16H2,1-2H3/p+1/t18-,20+/m0/s1. The van der Waals surface area contributed by atoms with Crippen molar-refractivity contribution in [2.45, 2.75) is 44.7 Å². The van der Waals surface area contributed by atoms with Crippen LogP contribution in [0.25, 0.3) is 11.1 Å².